The molecule has 0 aliphatic carbocycles. The molecule has 0 aliphatic heterocycles. The van der Waals surface area contributed by atoms with Gasteiger partial charge in [0.15, 0.2) is 0 Å². The monoisotopic (exact) mass is 331 g/mol. The number of benzene rings is 2. The number of halogens is 1. The Labute approximate surface area is 139 Å². The van der Waals surface area contributed by atoms with Crippen LogP contribution in [0.4, 0.5) is 4.39 Å². The maximum absolute atomic E-state index is 13.6. The topological polar surface area (TPSA) is 32.6 Å². The number of hydrogen-bond donors (Lipinski definition) is 1. The minimum atomic E-state index is -0.255. The van der Waals surface area contributed by atoms with Crippen LogP contribution in [-0.4, -0.2) is 18.4 Å². The lowest BCUT2D eigenvalue weighted by atomic mass is 9.92. The van der Waals surface area contributed by atoms with Crippen molar-refractivity contribution in [2.45, 2.75) is 31.8 Å². The molecule has 0 fully saturated rings. The average Bonchev–Trinajstić information content (AvgIpc) is 2.56. The number of aliphatic imine (C=N–C) groups is 1. The van der Waals surface area contributed by atoms with E-state index in [0.717, 1.165) is 29.3 Å². The highest BCUT2D eigenvalue weighted by Gasteiger charge is 2.31. The van der Waals surface area contributed by atoms with E-state index in [1.807, 2.05) is 24.3 Å². The SMILES string of the molecule is CCC(CC)(Pc1ccc(F)cc1/C=N/C)c1ccccc1O. The van der Waals surface area contributed by atoms with Crippen LogP contribution >= 0.6 is 8.58 Å². The van der Waals surface area contributed by atoms with E-state index in [-0.39, 0.29) is 11.0 Å². The molecule has 0 aromatic heterocycles. The van der Waals surface area contributed by atoms with Gasteiger partial charge in [0.25, 0.3) is 0 Å². The summed E-state index contributed by atoms with van der Waals surface area (Å²) < 4.78 is 13.6. The summed E-state index contributed by atoms with van der Waals surface area (Å²) in [6, 6.07) is 12.4. The Balaban J connectivity index is 2.51. The Hall–Kier alpha value is -1.73. The van der Waals surface area contributed by atoms with Gasteiger partial charge in [-0.05, 0) is 36.3 Å². The number of aromatic hydroxyl groups is 1. The highest BCUT2D eigenvalue weighted by molar-refractivity contribution is 7.48. The van der Waals surface area contributed by atoms with Crippen molar-refractivity contribution in [2.75, 3.05) is 7.05 Å². The lowest BCUT2D eigenvalue weighted by molar-refractivity contribution is 0.448. The lowest BCUT2D eigenvalue weighted by Gasteiger charge is -2.33. The molecule has 0 heterocycles. The van der Waals surface area contributed by atoms with E-state index in [9.17, 15) is 9.50 Å². The molecule has 2 aromatic carbocycles. The van der Waals surface area contributed by atoms with Crippen molar-refractivity contribution in [3.63, 3.8) is 0 Å². The van der Waals surface area contributed by atoms with Crippen LogP contribution in [0.1, 0.15) is 37.8 Å². The van der Waals surface area contributed by atoms with Crippen molar-refractivity contribution in [2.24, 2.45) is 4.99 Å². The zero-order valence-electron chi connectivity index (χ0n) is 13.8. The van der Waals surface area contributed by atoms with Crippen molar-refractivity contribution < 1.29 is 9.50 Å². The van der Waals surface area contributed by atoms with Gasteiger partial charge in [0.05, 0.1) is 0 Å². The summed E-state index contributed by atoms with van der Waals surface area (Å²) in [5, 5.41) is 11.2. The van der Waals surface area contributed by atoms with Gasteiger partial charge in [0.1, 0.15) is 11.6 Å². The van der Waals surface area contributed by atoms with Gasteiger partial charge in [-0.15, -0.1) is 0 Å². The molecule has 1 unspecified atom stereocenters. The molecule has 0 saturated heterocycles. The van der Waals surface area contributed by atoms with E-state index in [4.69, 9.17) is 0 Å². The highest BCUT2D eigenvalue weighted by atomic mass is 31.1. The summed E-state index contributed by atoms with van der Waals surface area (Å²) in [7, 11) is 2.12. The number of phenolic OH excluding ortho intramolecular Hbond substituents is 1. The van der Waals surface area contributed by atoms with Crippen molar-refractivity contribution in [1.82, 2.24) is 0 Å². The number of phenols is 1. The number of hydrogen-bond acceptors (Lipinski definition) is 2. The first-order valence-corrected chi connectivity index (χ1v) is 8.84. The molecule has 0 aliphatic rings. The smallest absolute Gasteiger partial charge is 0.123 e. The zero-order chi connectivity index (χ0) is 16.9. The molecule has 2 aromatic rings. The van der Waals surface area contributed by atoms with Gasteiger partial charge in [-0.2, -0.15) is 0 Å². The summed E-state index contributed by atoms with van der Waals surface area (Å²) in [5.41, 5.74) is 1.78. The number of para-hydroxylation sites is 1. The Bertz CT molecular complexity index is 696. The third kappa shape index (κ3) is 3.79. The molecular weight excluding hydrogens is 308 g/mol. The Morgan fingerprint density at radius 2 is 1.87 bits per heavy atom. The number of nitrogens with zero attached hydrogens (tertiary/aromatic N) is 1. The molecule has 2 nitrogen and oxygen atoms in total. The van der Waals surface area contributed by atoms with Crippen LogP contribution in [0, 0.1) is 5.82 Å². The Morgan fingerprint density at radius 3 is 2.48 bits per heavy atom. The van der Waals surface area contributed by atoms with Crippen LogP contribution in [0.2, 0.25) is 0 Å². The minimum absolute atomic E-state index is 0.153. The Morgan fingerprint density at radius 1 is 1.17 bits per heavy atom. The van der Waals surface area contributed by atoms with Crippen molar-refractivity contribution >= 4 is 20.1 Å². The second-order valence-electron chi connectivity index (χ2n) is 5.55. The maximum Gasteiger partial charge on any atom is 0.123 e. The summed E-state index contributed by atoms with van der Waals surface area (Å²) >= 11 is 0. The van der Waals surface area contributed by atoms with Crippen LogP contribution in [-0.2, 0) is 5.16 Å². The highest BCUT2D eigenvalue weighted by Crippen LogP contribution is 2.49. The van der Waals surface area contributed by atoms with Crippen LogP contribution in [0.3, 0.4) is 0 Å². The second-order valence-corrected chi connectivity index (χ2v) is 7.30. The van der Waals surface area contributed by atoms with Crippen LogP contribution in [0.25, 0.3) is 0 Å². The van der Waals surface area contributed by atoms with Crippen LogP contribution < -0.4 is 5.30 Å². The first kappa shape index (κ1) is 17.6. The van der Waals surface area contributed by atoms with Gasteiger partial charge in [-0.3, -0.25) is 4.99 Å². The van der Waals surface area contributed by atoms with Crippen LogP contribution in [0.15, 0.2) is 47.5 Å². The molecule has 4 heteroatoms. The molecule has 0 bridgehead atoms. The fourth-order valence-corrected chi connectivity index (χ4v) is 4.57. The molecule has 1 atom stereocenters. The van der Waals surface area contributed by atoms with Gasteiger partial charge >= 0.3 is 0 Å². The van der Waals surface area contributed by atoms with Crippen molar-refractivity contribution in [3.8, 4) is 5.75 Å². The molecule has 0 spiro atoms. The molecule has 122 valence electrons. The standard InChI is InChI=1S/C19H23FNOP/c1-4-19(5-2,16-8-6-7-9-17(16)22)23-18-11-10-15(20)12-14(18)13-21-3/h6-13,22-23H,4-5H2,1-3H3/b21-13+. The molecule has 0 amide bonds. The quantitative estimate of drug-likeness (QED) is 0.609. The fourth-order valence-electron chi connectivity index (χ4n) is 2.90. The lowest BCUT2D eigenvalue weighted by Crippen LogP contribution is -2.23. The van der Waals surface area contributed by atoms with Gasteiger partial charge in [0, 0.05) is 29.5 Å². The largest absolute Gasteiger partial charge is 0.508 e. The minimum Gasteiger partial charge on any atom is -0.508 e. The normalized spacial score (nSPS) is 12.5. The van der Waals surface area contributed by atoms with Crippen molar-refractivity contribution in [1.29, 1.82) is 0 Å². The zero-order valence-corrected chi connectivity index (χ0v) is 14.8. The molecule has 0 saturated carbocycles. The van der Waals surface area contributed by atoms with E-state index in [1.165, 1.54) is 12.1 Å². The predicted molar refractivity (Wildman–Crippen MR) is 98.2 cm³/mol. The predicted octanol–water partition coefficient (Wildman–Crippen LogP) is 4.60. The number of rotatable bonds is 6. The maximum atomic E-state index is 13.6. The summed E-state index contributed by atoms with van der Waals surface area (Å²) in [5.74, 6) is 0.0751. The van der Waals surface area contributed by atoms with E-state index >= 15 is 0 Å². The second kappa shape index (κ2) is 7.70. The summed E-state index contributed by atoms with van der Waals surface area (Å²) in [6.07, 6.45) is 3.51. The van der Waals surface area contributed by atoms with Gasteiger partial charge in [0.2, 0.25) is 0 Å². The third-order valence-corrected chi connectivity index (χ3v) is 6.46. The van der Waals surface area contributed by atoms with Crippen LogP contribution in [0.5, 0.6) is 5.75 Å². The first-order valence-electron chi connectivity index (χ1n) is 7.84. The summed E-state index contributed by atoms with van der Waals surface area (Å²) in [6.45, 7) is 4.28. The molecule has 1 N–H and O–H groups in total. The van der Waals surface area contributed by atoms with Gasteiger partial charge in [-0.1, -0.05) is 46.7 Å². The molecule has 2 rings (SSSR count). The Kier molecular flexibility index (Phi) is 5.90. The first-order chi connectivity index (χ1) is 11.1. The molecular formula is C19H23FNOP. The fraction of sp³-hybridized carbons (Fsp3) is 0.316. The van der Waals surface area contributed by atoms with Gasteiger partial charge in [-0.25, -0.2) is 4.39 Å². The average molecular weight is 331 g/mol. The van der Waals surface area contributed by atoms with E-state index < -0.39 is 0 Å². The van der Waals surface area contributed by atoms with E-state index in [0.29, 0.717) is 14.3 Å². The van der Waals surface area contributed by atoms with E-state index in [1.54, 1.807) is 19.3 Å². The van der Waals surface area contributed by atoms with Gasteiger partial charge < -0.3 is 5.11 Å². The molecule has 23 heavy (non-hydrogen) atoms. The van der Waals surface area contributed by atoms with E-state index in [2.05, 4.69) is 18.8 Å². The summed E-state index contributed by atoms with van der Waals surface area (Å²) in [4.78, 5) is 4.04. The molecule has 0 radical (unpaired) electrons. The third-order valence-electron chi connectivity index (χ3n) is 4.28. The van der Waals surface area contributed by atoms with Crippen molar-refractivity contribution in [3.05, 3.63) is 59.4 Å².